The smallest absolute Gasteiger partial charge is 0.271 e. The van der Waals surface area contributed by atoms with Crippen LogP contribution in [0, 0.1) is 17.1 Å². The summed E-state index contributed by atoms with van der Waals surface area (Å²) in [5.74, 6) is -1.12. The van der Waals surface area contributed by atoms with Crippen molar-refractivity contribution in [2.45, 2.75) is 29.2 Å². The van der Waals surface area contributed by atoms with Gasteiger partial charge in [-0.3, -0.25) is 19.5 Å². The molecule has 0 aliphatic carbocycles. The van der Waals surface area contributed by atoms with Gasteiger partial charge in [0.2, 0.25) is 9.84 Å². The van der Waals surface area contributed by atoms with Crippen molar-refractivity contribution in [2.75, 3.05) is 39.3 Å². The third kappa shape index (κ3) is 6.18. The van der Waals surface area contributed by atoms with Crippen molar-refractivity contribution in [3.8, 4) is 6.07 Å². The van der Waals surface area contributed by atoms with Crippen LogP contribution in [0.1, 0.15) is 44.8 Å². The minimum atomic E-state index is -4.00. The van der Waals surface area contributed by atoms with E-state index in [4.69, 9.17) is 5.26 Å². The first-order chi connectivity index (χ1) is 20.2. The molecule has 0 bridgehead atoms. The molecule has 0 saturated carbocycles. The second kappa shape index (κ2) is 12.4. The Morgan fingerprint density at radius 1 is 0.976 bits per heavy atom. The summed E-state index contributed by atoms with van der Waals surface area (Å²) >= 11 is 0. The Kier molecular flexibility index (Phi) is 8.63. The van der Waals surface area contributed by atoms with E-state index in [2.05, 4.69) is 20.5 Å². The lowest BCUT2D eigenvalue weighted by Crippen LogP contribution is -2.59. The van der Waals surface area contributed by atoms with E-state index in [1.54, 1.807) is 17.0 Å². The minimum Gasteiger partial charge on any atom is -0.336 e. The molecule has 2 fully saturated rings. The van der Waals surface area contributed by atoms with E-state index in [1.807, 2.05) is 6.07 Å². The maximum Gasteiger partial charge on any atom is 0.271 e. The number of carbonyl (C=O) groups excluding carboxylic acids is 2. The lowest BCUT2D eigenvalue weighted by atomic mass is 10.1. The van der Waals surface area contributed by atoms with Crippen LogP contribution < -0.4 is 10.6 Å². The number of hydrogen-bond acceptors (Lipinski definition) is 8. The molecule has 0 atom stereocenters. The number of nitrogens with zero attached hydrogens (tertiary/aromatic N) is 4. The number of nitrogens with one attached hydrogen (secondary N) is 2. The molecule has 2 aliphatic heterocycles. The van der Waals surface area contributed by atoms with Gasteiger partial charge >= 0.3 is 0 Å². The number of piperazine rings is 1. The van der Waals surface area contributed by atoms with Gasteiger partial charge in [-0.2, -0.15) is 5.26 Å². The van der Waals surface area contributed by atoms with Crippen LogP contribution in [0.2, 0.25) is 0 Å². The van der Waals surface area contributed by atoms with Gasteiger partial charge in [-0.05, 0) is 80.0 Å². The number of aromatic nitrogens is 1. The molecule has 2 amide bonds. The van der Waals surface area contributed by atoms with Crippen LogP contribution in [0.25, 0.3) is 0 Å². The quantitative estimate of drug-likeness (QED) is 0.428. The topological polar surface area (TPSA) is 135 Å². The van der Waals surface area contributed by atoms with E-state index < -0.39 is 20.6 Å². The molecule has 0 unspecified atom stereocenters. The van der Waals surface area contributed by atoms with Gasteiger partial charge in [0.1, 0.15) is 16.4 Å². The Morgan fingerprint density at radius 2 is 1.64 bits per heavy atom. The van der Waals surface area contributed by atoms with Crippen molar-refractivity contribution in [3.63, 3.8) is 0 Å². The molecule has 3 aromatic rings. The highest BCUT2D eigenvalue weighted by molar-refractivity contribution is 7.92. The van der Waals surface area contributed by atoms with Crippen molar-refractivity contribution in [1.82, 2.24) is 25.4 Å². The van der Waals surface area contributed by atoms with Crippen LogP contribution in [-0.2, 0) is 16.4 Å². The molecule has 42 heavy (non-hydrogen) atoms. The molecule has 12 heteroatoms. The number of rotatable bonds is 7. The molecule has 2 N–H and O–H groups in total. The zero-order chi connectivity index (χ0) is 29.7. The standard InChI is InChI=1S/C30H31FN6O4S/c31-25-6-1-23(2-7-25)21-36-15-17-37(18-16-36)29(39)24-5-10-27(34-20-24)28(38)35-30(11-13-33-14-12-30)42(40,41)26-8-3-22(19-32)4-9-26/h1-10,20,33H,11-18,21H2,(H,35,38). The van der Waals surface area contributed by atoms with Crippen molar-refractivity contribution >= 4 is 21.7 Å². The SMILES string of the molecule is N#Cc1ccc(S(=O)(=O)C2(NC(=O)c3ccc(C(=O)N4CCN(Cc5ccc(F)cc5)CC4)cn3)CCNCC2)cc1. The van der Waals surface area contributed by atoms with Crippen LogP contribution in [0.4, 0.5) is 4.39 Å². The molecule has 218 valence electrons. The first-order valence-electron chi connectivity index (χ1n) is 13.7. The average Bonchev–Trinajstić information content (AvgIpc) is 3.02. The summed E-state index contributed by atoms with van der Waals surface area (Å²) in [7, 11) is -4.00. The van der Waals surface area contributed by atoms with Gasteiger partial charge in [-0.25, -0.2) is 12.8 Å². The average molecular weight is 591 g/mol. The highest BCUT2D eigenvalue weighted by Crippen LogP contribution is 2.32. The predicted octanol–water partition coefficient (Wildman–Crippen LogP) is 2.33. The summed E-state index contributed by atoms with van der Waals surface area (Å²) < 4.78 is 40.6. The third-order valence-corrected chi connectivity index (χ3v) is 10.2. The van der Waals surface area contributed by atoms with E-state index in [1.165, 1.54) is 54.7 Å². The van der Waals surface area contributed by atoms with Gasteiger partial charge in [0.15, 0.2) is 0 Å². The van der Waals surface area contributed by atoms with Crippen LogP contribution >= 0.6 is 0 Å². The van der Waals surface area contributed by atoms with E-state index in [0.29, 0.717) is 56.9 Å². The zero-order valence-corrected chi connectivity index (χ0v) is 23.7. The highest BCUT2D eigenvalue weighted by Gasteiger charge is 2.47. The van der Waals surface area contributed by atoms with E-state index in [-0.39, 0.29) is 35.2 Å². The van der Waals surface area contributed by atoms with Gasteiger partial charge in [0, 0.05) is 38.9 Å². The van der Waals surface area contributed by atoms with Crippen LogP contribution in [0.15, 0.2) is 71.8 Å². The number of halogens is 1. The molecular formula is C30H31FN6O4S. The first-order valence-corrected chi connectivity index (χ1v) is 15.2. The Bertz CT molecular complexity index is 1570. The molecule has 10 nitrogen and oxygen atoms in total. The summed E-state index contributed by atoms with van der Waals surface area (Å²) in [5, 5.41) is 14.9. The van der Waals surface area contributed by atoms with Gasteiger partial charge in [-0.1, -0.05) is 12.1 Å². The number of piperidine rings is 1. The Morgan fingerprint density at radius 3 is 2.24 bits per heavy atom. The number of nitriles is 1. The fourth-order valence-corrected chi connectivity index (χ4v) is 7.21. The van der Waals surface area contributed by atoms with E-state index in [0.717, 1.165) is 5.56 Å². The summed E-state index contributed by atoms with van der Waals surface area (Å²) in [6.07, 6.45) is 1.65. The summed E-state index contributed by atoms with van der Waals surface area (Å²) in [6.45, 7) is 3.84. The van der Waals surface area contributed by atoms with Crippen LogP contribution in [0.3, 0.4) is 0 Å². The highest BCUT2D eigenvalue weighted by atomic mass is 32.2. The summed E-state index contributed by atoms with van der Waals surface area (Å²) in [4.78, 5) is 33.0. The number of amides is 2. The fourth-order valence-electron chi connectivity index (χ4n) is 5.29. The Hall–Kier alpha value is -4.18. The summed E-state index contributed by atoms with van der Waals surface area (Å²) in [5.41, 5.74) is 1.68. The second-order valence-corrected chi connectivity index (χ2v) is 12.7. The van der Waals surface area contributed by atoms with Crippen molar-refractivity contribution in [3.05, 3.63) is 95.1 Å². The zero-order valence-electron chi connectivity index (χ0n) is 22.9. The monoisotopic (exact) mass is 590 g/mol. The van der Waals surface area contributed by atoms with Crippen molar-refractivity contribution < 1.29 is 22.4 Å². The summed E-state index contributed by atoms with van der Waals surface area (Å²) in [6, 6.07) is 16.9. The second-order valence-electron chi connectivity index (χ2n) is 10.5. The van der Waals surface area contributed by atoms with Crippen molar-refractivity contribution in [2.24, 2.45) is 0 Å². The number of hydrogen-bond donors (Lipinski definition) is 2. The number of carbonyl (C=O) groups is 2. The first kappa shape index (κ1) is 29.3. The predicted molar refractivity (Wildman–Crippen MR) is 152 cm³/mol. The van der Waals surface area contributed by atoms with E-state index in [9.17, 15) is 22.4 Å². The minimum absolute atomic E-state index is 0.00334. The normalized spacial score (nSPS) is 17.3. The van der Waals surface area contributed by atoms with Crippen LogP contribution in [0.5, 0.6) is 0 Å². The maximum absolute atomic E-state index is 13.7. The van der Waals surface area contributed by atoms with Gasteiger partial charge in [0.25, 0.3) is 11.8 Å². The van der Waals surface area contributed by atoms with Gasteiger partial charge in [0.05, 0.1) is 22.1 Å². The number of sulfone groups is 1. The molecule has 0 spiro atoms. The number of benzene rings is 2. The Labute approximate surface area is 244 Å². The Balaban J connectivity index is 1.23. The maximum atomic E-state index is 13.7. The fraction of sp³-hybridized carbons (Fsp3) is 0.333. The van der Waals surface area contributed by atoms with Crippen molar-refractivity contribution in [1.29, 1.82) is 5.26 Å². The molecule has 3 heterocycles. The van der Waals surface area contributed by atoms with Gasteiger partial charge in [-0.15, -0.1) is 0 Å². The largest absolute Gasteiger partial charge is 0.336 e. The molecule has 0 radical (unpaired) electrons. The number of pyridine rings is 1. The van der Waals surface area contributed by atoms with E-state index >= 15 is 0 Å². The van der Waals surface area contributed by atoms with Crippen LogP contribution in [-0.4, -0.2) is 79.2 Å². The molecule has 2 saturated heterocycles. The third-order valence-electron chi connectivity index (χ3n) is 7.78. The molecule has 2 aliphatic rings. The molecular weight excluding hydrogens is 559 g/mol. The molecule has 5 rings (SSSR count). The molecule has 1 aromatic heterocycles. The molecule has 2 aromatic carbocycles. The lowest BCUT2D eigenvalue weighted by Gasteiger charge is -2.37. The lowest BCUT2D eigenvalue weighted by molar-refractivity contribution is 0.0627. The van der Waals surface area contributed by atoms with Gasteiger partial charge < -0.3 is 15.5 Å².